The first-order chi connectivity index (χ1) is 13.0. The van der Waals surface area contributed by atoms with Crippen LogP contribution in [-0.4, -0.2) is 5.78 Å². The van der Waals surface area contributed by atoms with Crippen LogP contribution in [0, 0.1) is 5.82 Å². The minimum absolute atomic E-state index is 0.0272. The van der Waals surface area contributed by atoms with E-state index in [1.54, 1.807) is 0 Å². The molecule has 0 unspecified atom stereocenters. The van der Waals surface area contributed by atoms with Crippen LogP contribution in [-0.2, 0) is 6.42 Å². The number of hydrogen-bond acceptors (Lipinski definition) is 2. The summed E-state index contributed by atoms with van der Waals surface area (Å²) < 4.78 is 14.1. The summed E-state index contributed by atoms with van der Waals surface area (Å²) >= 11 is 3.45. The van der Waals surface area contributed by atoms with Crippen LogP contribution in [0.5, 0.6) is 0 Å². The number of carbonyl (C=O) groups excluding carboxylic acids is 1. The molecule has 3 rings (SSSR count). The molecule has 0 aliphatic rings. The molecular formula is C23H21BrFNO. The Balaban J connectivity index is 1.83. The molecule has 1 N–H and O–H groups in total. The van der Waals surface area contributed by atoms with Gasteiger partial charge in [-0.2, -0.15) is 0 Å². The largest absolute Gasteiger partial charge is 0.378 e. The van der Waals surface area contributed by atoms with Crippen molar-refractivity contribution in [2.75, 3.05) is 5.32 Å². The number of Topliss-reactive ketones (excluding diaryl/α,β-unsaturated/α-hetero) is 1. The summed E-state index contributed by atoms with van der Waals surface area (Å²) in [5.74, 6) is -0.370. The molecule has 0 saturated carbocycles. The Morgan fingerprint density at radius 3 is 2.19 bits per heavy atom. The van der Waals surface area contributed by atoms with Crippen molar-refractivity contribution in [3.8, 4) is 0 Å². The predicted octanol–water partition coefficient (Wildman–Crippen LogP) is 6.58. The van der Waals surface area contributed by atoms with Gasteiger partial charge in [-0.05, 0) is 66.1 Å². The van der Waals surface area contributed by atoms with Gasteiger partial charge in [0, 0.05) is 22.1 Å². The zero-order chi connectivity index (χ0) is 19.2. The van der Waals surface area contributed by atoms with Crippen LogP contribution >= 0.6 is 15.9 Å². The molecule has 27 heavy (non-hydrogen) atoms. The number of ketones is 1. The average Bonchev–Trinajstić information content (AvgIpc) is 2.69. The van der Waals surface area contributed by atoms with E-state index in [2.05, 4.69) is 40.3 Å². The second-order valence-corrected chi connectivity index (χ2v) is 7.35. The van der Waals surface area contributed by atoms with Gasteiger partial charge in [-0.15, -0.1) is 0 Å². The van der Waals surface area contributed by atoms with Crippen LogP contribution in [0.15, 0.2) is 77.3 Å². The maximum Gasteiger partial charge on any atom is 0.165 e. The van der Waals surface area contributed by atoms with E-state index in [1.165, 1.54) is 29.8 Å². The Kier molecular flexibility index (Phi) is 6.40. The molecule has 0 aromatic heterocycles. The minimum atomic E-state index is -0.342. The predicted molar refractivity (Wildman–Crippen MR) is 112 cm³/mol. The second-order valence-electron chi connectivity index (χ2n) is 6.43. The average molecular weight is 426 g/mol. The van der Waals surface area contributed by atoms with E-state index in [-0.39, 0.29) is 24.1 Å². The number of halogens is 2. The van der Waals surface area contributed by atoms with Gasteiger partial charge in [0.05, 0.1) is 6.04 Å². The van der Waals surface area contributed by atoms with Gasteiger partial charge in [-0.25, -0.2) is 4.39 Å². The van der Waals surface area contributed by atoms with Crippen LogP contribution in [0.2, 0.25) is 0 Å². The lowest BCUT2D eigenvalue weighted by Crippen LogP contribution is -2.16. The summed E-state index contributed by atoms with van der Waals surface area (Å²) in [7, 11) is 0. The smallest absolute Gasteiger partial charge is 0.165 e. The fourth-order valence-corrected chi connectivity index (χ4v) is 3.19. The number of rotatable bonds is 7. The molecule has 2 nitrogen and oxygen atoms in total. The molecule has 0 spiro atoms. The third-order valence-electron chi connectivity index (χ3n) is 4.53. The van der Waals surface area contributed by atoms with Crippen LogP contribution in [0.4, 0.5) is 10.1 Å². The van der Waals surface area contributed by atoms with Crippen molar-refractivity contribution < 1.29 is 9.18 Å². The van der Waals surface area contributed by atoms with Gasteiger partial charge < -0.3 is 5.32 Å². The minimum Gasteiger partial charge on any atom is -0.378 e. The van der Waals surface area contributed by atoms with E-state index in [9.17, 15) is 9.18 Å². The Hall–Kier alpha value is -2.46. The van der Waals surface area contributed by atoms with Gasteiger partial charge in [-0.1, -0.05) is 47.1 Å². The van der Waals surface area contributed by atoms with E-state index < -0.39 is 0 Å². The van der Waals surface area contributed by atoms with Gasteiger partial charge in [0.2, 0.25) is 0 Å². The Morgan fingerprint density at radius 1 is 0.963 bits per heavy atom. The van der Waals surface area contributed by atoms with E-state index in [1.807, 2.05) is 36.4 Å². The van der Waals surface area contributed by atoms with E-state index in [0.29, 0.717) is 5.56 Å². The Labute approximate surface area is 167 Å². The summed E-state index contributed by atoms with van der Waals surface area (Å²) in [6.45, 7) is 2.12. The van der Waals surface area contributed by atoms with Gasteiger partial charge >= 0.3 is 0 Å². The van der Waals surface area contributed by atoms with Gasteiger partial charge in [0.1, 0.15) is 5.82 Å². The first kappa shape index (κ1) is 19.3. The monoisotopic (exact) mass is 425 g/mol. The highest BCUT2D eigenvalue weighted by molar-refractivity contribution is 9.10. The molecule has 0 radical (unpaired) electrons. The summed E-state index contributed by atoms with van der Waals surface area (Å²) in [6, 6.07) is 21.7. The van der Waals surface area contributed by atoms with Crippen molar-refractivity contribution in [2.45, 2.75) is 25.8 Å². The maximum atomic E-state index is 13.1. The molecule has 4 heteroatoms. The number of hydrogen-bond donors (Lipinski definition) is 1. The third kappa shape index (κ3) is 5.27. The number of anilines is 1. The van der Waals surface area contributed by atoms with Crippen LogP contribution < -0.4 is 5.32 Å². The molecule has 0 saturated heterocycles. The van der Waals surface area contributed by atoms with Crippen LogP contribution in [0.1, 0.15) is 40.9 Å². The summed E-state index contributed by atoms with van der Waals surface area (Å²) in [5.41, 5.74) is 3.77. The van der Waals surface area contributed by atoms with Crippen molar-refractivity contribution in [2.24, 2.45) is 0 Å². The summed E-state index contributed by atoms with van der Waals surface area (Å²) in [6.07, 6.45) is 1.27. The topological polar surface area (TPSA) is 29.1 Å². The Morgan fingerprint density at radius 2 is 1.59 bits per heavy atom. The maximum absolute atomic E-state index is 13.1. The quantitative estimate of drug-likeness (QED) is 0.433. The summed E-state index contributed by atoms with van der Waals surface area (Å²) in [4.78, 5) is 12.7. The van der Waals surface area contributed by atoms with E-state index >= 15 is 0 Å². The fourth-order valence-electron chi connectivity index (χ4n) is 2.92. The van der Waals surface area contributed by atoms with Crippen LogP contribution in [0.3, 0.4) is 0 Å². The molecule has 138 valence electrons. The SMILES string of the molecule is CCc1ccc(N[C@H](CC(=O)c2ccc(F)cc2)c2ccc(Br)cc2)cc1. The van der Waals surface area contributed by atoms with Crippen molar-refractivity contribution >= 4 is 27.4 Å². The summed E-state index contributed by atoms with van der Waals surface area (Å²) in [5, 5.41) is 3.47. The van der Waals surface area contributed by atoms with E-state index in [4.69, 9.17) is 0 Å². The molecule has 3 aromatic carbocycles. The fraction of sp³-hybridized carbons (Fsp3) is 0.174. The van der Waals surface area contributed by atoms with Crippen molar-refractivity contribution in [3.63, 3.8) is 0 Å². The van der Waals surface area contributed by atoms with Gasteiger partial charge in [-0.3, -0.25) is 4.79 Å². The molecular weight excluding hydrogens is 405 g/mol. The van der Waals surface area contributed by atoms with Crippen LogP contribution in [0.25, 0.3) is 0 Å². The third-order valence-corrected chi connectivity index (χ3v) is 5.06. The molecule has 0 heterocycles. The normalized spacial score (nSPS) is 11.8. The molecule has 0 aliphatic carbocycles. The molecule has 0 bridgehead atoms. The molecule has 0 amide bonds. The lowest BCUT2D eigenvalue weighted by Gasteiger charge is -2.20. The molecule has 1 atom stereocenters. The molecule has 0 fully saturated rings. The van der Waals surface area contributed by atoms with E-state index in [0.717, 1.165) is 22.1 Å². The lowest BCUT2D eigenvalue weighted by atomic mass is 9.97. The zero-order valence-corrected chi connectivity index (χ0v) is 16.7. The zero-order valence-electron chi connectivity index (χ0n) is 15.1. The number of nitrogens with one attached hydrogen (secondary N) is 1. The number of aryl methyl sites for hydroxylation is 1. The number of benzene rings is 3. The first-order valence-corrected chi connectivity index (χ1v) is 9.74. The van der Waals surface area contributed by atoms with Gasteiger partial charge in [0.25, 0.3) is 0 Å². The lowest BCUT2D eigenvalue weighted by molar-refractivity contribution is 0.0976. The molecule has 3 aromatic rings. The Bertz CT molecular complexity index is 889. The highest BCUT2D eigenvalue weighted by atomic mass is 79.9. The highest BCUT2D eigenvalue weighted by Crippen LogP contribution is 2.26. The first-order valence-electron chi connectivity index (χ1n) is 8.95. The second kappa shape index (κ2) is 8.96. The van der Waals surface area contributed by atoms with Crippen molar-refractivity contribution in [1.29, 1.82) is 0 Å². The standard InChI is InChI=1S/C23H21BrFNO/c1-2-16-3-13-21(14-4-16)26-22(17-5-9-19(24)10-6-17)15-23(27)18-7-11-20(25)12-8-18/h3-14,22,26H,2,15H2,1H3/t22-/m1/s1. The van der Waals surface area contributed by atoms with Crippen molar-refractivity contribution in [1.82, 2.24) is 0 Å². The molecule has 0 aliphatic heterocycles. The number of carbonyl (C=O) groups is 1. The van der Waals surface area contributed by atoms with Gasteiger partial charge in [0.15, 0.2) is 5.78 Å². The highest BCUT2D eigenvalue weighted by Gasteiger charge is 2.17. The van der Waals surface area contributed by atoms with Crippen molar-refractivity contribution in [3.05, 3.63) is 99.8 Å².